The summed E-state index contributed by atoms with van der Waals surface area (Å²) < 4.78 is 0. The molecule has 14 heavy (non-hydrogen) atoms. The van der Waals surface area contributed by atoms with E-state index in [4.69, 9.17) is 10.2 Å². The molecule has 1 amide bonds. The molecule has 0 radical (unpaired) electrons. The lowest BCUT2D eigenvalue weighted by molar-refractivity contribution is -0.149. The fourth-order valence-electron chi connectivity index (χ4n) is 0.714. The van der Waals surface area contributed by atoms with E-state index >= 15 is 0 Å². The highest BCUT2D eigenvalue weighted by molar-refractivity contribution is 5.86. The number of carboxylic acid groups (broad SMARTS) is 2. The third-order valence-corrected chi connectivity index (χ3v) is 1.62. The van der Waals surface area contributed by atoms with Crippen molar-refractivity contribution in [3.63, 3.8) is 0 Å². The van der Waals surface area contributed by atoms with E-state index in [2.05, 4.69) is 5.32 Å². The maximum atomic E-state index is 11.0. The number of amides is 1. The van der Waals surface area contributed by atoms with Crippen molar-refractivity contribution in [2.45, 2.75) is 20.3 Å². The normalized spacial score (nSPS) is 10.7. The lowest BCUT2D eigenvalue weighted by Gasteiger charge is -2.17. The van der Waals surface area contributed by atoms with Gasteiger partial charge in [-0.2, -0.15) is 0 Å². The zero-order valence-electron chi connectivity index (χ0n) is 8.03. The van der Waals surface area contributed by atoms with Crippen molar-refractivity contribution in [3.05, 3.63) is 0 Å². The van der Waals surface area contributed by atoms with Crippen molar-refractivity contribution < 1.29 is 24.6 Å². The van der Waals surface area contributed by atoms with Gasteiger partial charge < -0.3 is 15.5 Å². The number of rotatable bonds is 5. The van der Waals surface area contributed by atoms with E-state index in [9.17, 15) is 14.4 Å². The van der Waals surface area contributed by atoms with Crippen LogP contribution >= 0.6 is 0 Å². The number of hydrogen-bond acceptors (Lipinski definition) is 3. The molecule has 0 aliphatic carbocycles. The van der Waals surface area contributed by atoms with Crippen molar-refractivity contribution in [2.75, 3.05) is 6.54 Å². The first-order chi connectivity index (χ1) is 6.25. The maximum Gasteiger partial charge on any atom is 0.322 e. The number of nitrogens with one attached hydrogen (secondary N) is 1. The fourth-order valence-corrected chi connectivity index (χ4v) is 0.714. The number of carbonyl (C=O) groups excluding carboxylic acids is 1. The van der Waals surface area contributed by atoms with E-state index in [-0.39, 0.29) is 6.42 Å². The van der Waals surface area contributed by atoms with E-state index in [1.54, 1.807) is 0 Å². The summed E-state index contributed by atoms with van der Waals surface area (Å²) in [6.07, 6.45) is -0.240. The minimum absolute atomic E-state index is 0.240. The van der Waals surface area contributed by atoms with Gasteiger partial charge in [-0.25, -0.2) is 0 Å². The van der Waals surface area contributed by atoms with Gasteiger partial charge in [0.2, 0.25) is 5.91 Å². The second-order valence-corrected chi connectivity index (χ2v) is 3.54. The molecule has 6 nitrogen and oxygen atoms in total. The molecule has 0 spiro atoms. The summed E-state index contributed by atoms with van der Waals surface area (Å²) in [5.41, 5.74) is -1.18. The van der Waals surface area contributed by atoms with Crippen LogP contribution in [0.15, 0.2) is 0 Å². The molecule has 0 rings (SSSR count). The number of carbonyl (C=O) groups is 3. The van der Waals surface area contributed by atoms with E-state index in [0.29, 0.717) is 0 Å². The van der Waals surface area contributed by atoms with Gasteiger partial charge in [0.25, 0.3) is 0 Å². The second-order valence-electron chi connectivity index (χ2n) is 3.54. The summed E-state index contributed by atoms with van der Waals surface area (Å²) >= 11 is 0. The summed E-state index contributed by atoms with van der Waals surface area (Å²) in [5.74, 6) is -2.84. The van der Waals surface area contributed by atoms with Gasteiger partial charge >= 0.3 is 11.9 Å². The third kappa shape index (κ3) is 4.44. The van der Waals surface area contributed by atoms with Gasteiger partial charge in [-0.3, -0.25) is 14.4 Å². The summed E-state index contributed by atoms with van der Waals surface area (Å²) in [5, 5.41) is 19.0. The minimum Gasteiger partial charge on any atom is -0.481 e. The molecule has 0 aromatic carbocycles. The molecule has 0 aromatic heterocycles. The average Bonchev–Trinajstić information content (AvgIpc) is 1.99. The predicted octanol–water partition coefficient (Wildman–Crippen LogP) is -0.312. The standard InChI is InChI=1S/C8H13NO5/c1-8(2,7(13)14)3-5(10)9-4-6(11)12/h3-4H2,1-2H3,(H,9,10)(H,11,12)(H,13,14). The largest absolute Gasteiger partial charge is 0.481 e. The monoisotopic (exact) mass is 203 g/mol. The highest BCUT2D eigenvalue weighted by Gasteiger charge is 2.30. The molecule has 6 heteroatoms. The van der Waals surface area contributed by atoms with Crippen molar-refractivity contribution in [1.29, 1.82) is 0 Å². The molecule has 0 aliphatic rings. The van der Waals surface area contributed by atoms with Crippen molar-refractivity contribution >= 4 is 17.8 Å². The molecule has 0 aromatic rings. The predicted molar refractivity (Wildman–Crippen MR) is 46.7 cm³/mol. The molecule has 0 saturated heterocycles. The summed E-state index contributed by atoms with van der Waals surface area (Å²) in [6, 6.07) is 0. The maximum absolute atomic E-state index is 11.0. The molecule has 80 valence electrons. The topological polar surface area (TPSA) is 104 Å². The molecule has 0 unspecified atom stereocenters. The number of carboxylic acids is 2. The molecule has 0 fully saturated rings. The number of hydrogen-bond donors (Lipinski definition) is 3. The highest BCUT2D eigenvalue weighted by Crippen LogP contribution is 2.19. The van der Waals surface area contributed by atoms with Crippen LogP contribution in [0, 0.1) is 5.41 Å². The van der Waals surface area contributed by atoms with E-state index in [1.807, 2.05) is 0 Å². The fraction of sp³-hybridized carbons (Fsp3) is 0.625. The van der Waals surface area contributed by atoms with Crippen molar-refractivity contribution in [3.8, 4) is 0 Å². The van der Waals surface area contributed by atoms with Crippen LogP contribution in [0.2, 0.25) is 0 Å². The SMILES string of the molecule is CC(C)(CC(=O)NCC(=O)O)C(=O)O. The van der Waals surface area contributed by atoms with Gasteiger partial charge in [-0.1, -0.05) is 0 Å². The molecule has 0 atom stereocenters. The van der Waals surface area contributed by atoms with Crippen LogP contribution in [0.4, 0.5) is 0 Å². The van der Waals surface area contributed by atoms with E-state index < -0.39 is 29.8 Å². The Kier molecular flexibility index (Phi) is 4.07. The van der Waals surface area contributed by atoms with Crippen LogP contribution in [-0.4, -0.2) is 34.6 Å². The smallest absolute Gasteiger partial charge is 0.322 e. The minimum atomic E-state index is -1.18. The Morgan fingerprint density at radius 2 is 1.71 bits per heavy atom. The highest BCUT2D eigenvalue weighted by atomic mass is 16.4. The van der Waals surface area contributed by atoms with E-state index in [1.165, 1.54) is 13.8 Å². The zero-order chi connectivity index (χ0) is 11.4. The summed E-state index contributed by atoms with van der Waals surface area (Å²) in [7, 11) is 0. The van der Waals surface area contributed by atoms with Gasteiger partial charge in [0.15, 0.2) is 0 Å². The first-order valence-electron chi connectivity index (χ1n) is 3.97. The Balaban J connectivity index is 4.06. The first-order valence-corrected chi connectivity index (χ1v) is 3.97. The molecular formula is C8H13NO5. The molecule has 0 bridgehead atoms. The van der Waals surface area contributed by atoms with Crippen LogP contribution in [0.3, 0.4) is 0 Å². The quantitative estimate of drug-likeness (QED) is 0.568. The molecule has 0 heterocycles. The van der Waals surface area contributed by atoms with Gasteiger partial charge in [0.1, 0.15) is 6.54 Å². The summed E-state index contributed by atoms with van der Waals surface area (Å²) in [6.45, 7) is 2.31. The third-order valence-electron chi connectivity index (χ3n) is 1.62. The van der Waals surface area contributed by atoms with Crippen molar-refractivity contribution in [2.24, 2.45) is 5.41 Å². The second kappa shape index (κ2) is 4.59. The molecular weight excluding hydrogens is 190 g/mol. The van der Waals surface area contributed by atoms with Gasteiger partial charge in [0, 0.05) is 6.42 Å². The van der Waals surface area contributed by atoms with Gasteiger partial charge in [-0.05, 0) is 13.8 Å². The van der Waals surface area contributed by atoms with Crippen LogP contribution in [0.5, 0.6) is 0 Å². The molecule has 0 aliphatic heterocycles. The Morgan fingerprint density at radius 1 is 1.21 bits per heavy atom. The average molecular weight is 203 g/mol. The number of aliphatic carboxylic acids is 2. The van der Waals surface area contributed by atoms with Gasteiger partial charge in [-0.15, -0.1) is 0 Å². The summed E-state index contributed by atoms with van der Waals surface area (Å²) in [4.78, 5) is 31.7. The lowest BCUT2D eigenvalue weighted by Crippen LogP contribution is -2.35. The zero-order valence-corrected chi connectivity index (χ0v) is 8.03. The van der Waals surface area contributed by atoms with Crippen LogP contribution < -0.4 is 5.32 Å². The molecule has 0 saturated carbocycles. The Hall–Kier alpha value is -1.59. The lowest BCUT2D eigenvalue weighted by atomic mass is 9.89. The van der Waals surface area contributed by atoms with E-state index in [0.717, 1.165) is 0 Å². The van der Waals surface area contributed by atoms with Crippen LogP contribution in [0.1, 0.15) is 20.3 Å². The first kappa shape index (κ1) is 12.4. The Labute approximate surface area is 80.9 Å². The molecule has 3 N–H and O–H groups in total. The van der Waals surface area contributed by atoms with Crippen LogP contribution in [0.25, 0.3) is 0 Å². The van der Waals surface area contributed by atoms with Gasteiger partial charge in [0.05, 0.1) is 5.41 Å². The Bertz CT molecular complexity index is 258. The van der Waals surface area contributed by atoms with Crippen molar-refractivity contribution in [1.82, 2.24) is 5.32 Å². The Morgan fingerprint density at radius 3 is 2.07 bits per heavy atom. The van der Waals surface area contributed by atoms with Crippen LogP contribution in [-0.2, 0) is 14.4 Å².